The first kappa shape index (κ1) is 26.4. The number of alkyl carbamates (subject to hydrolysis) is 1. The van der Waals surface area contributed by atoms with E-state index in [0.717, 1.165) is 5.56 Å². The van der Waals surface area contributed by atoms with Crippen LogP contribution in [0, 0.1) is 0 Å². The molecule has 1 heterocycles. The molecule has 0 atom stereocenters. The van der Waals surface area contributed by atoms with Crippen LogP contribution < -0.4 is 25.4 Å². The number of guanidine groups is 1. The highest BCUT2D eigenvalue weighted by Crippen LogP contribution is 2.38. The summed E-state index contributed by atoms with van der Waals surface area (Å²) in [5.41, 5.74) is -0.149. The van der Waals surface area contributed by atoms with Gasteiger partial charge in [-0.1, -0.05) is 11.6 Å². The largest absolute Gasteiger partial charge is 0.486 e. The summed E-state index contributed by atoms with van der Waals surface area (Å²) in [5.74, 6) is 1.82. The minimum Gasteiger partial charge on any atom is -0.486 e. The molecule has 0 aliphatic carbocycles. The fourth-order valence-electron chi connectivity index (χ4n) is 2.60. The van der Waals surface area contributed by atoms with Crippen molar-refractivity contribution in [1.29, 1.82) is 0 Å². The van der Waals surface area contributed by atoms with Crippen molar-refractivity contribution in [2.75, 3.05) is 26.8 Å². The molecule has 0 spiro atoms. The van der Waals surface area contributed by atoms with Crippen LogP contribution in [0.1, 0.15) is 40.2 Å². The van der Waals surface area contributed by atoms with Gasteiger partial charge in [-0.15, -0.1) is 24.0 Å². The molecule has 1 aliphatic heterocycles. The fourth-order valence-corrected chi connectivity index (χ4v) is 2.89. The normalized spacial score (nSPS) is 13.8. The highest BCUT2D eigenvalue weighted by molar-refractivity contribution is 14.0. The summed E-state index contributed by atoms with van der Waals surface area (Å²) < 4.78 is 16.5. The molecular weight excluding hydrogens is 523 g/mol. The number of fused-ring (bicyclic) bond motifs is 1. The van der Waals surface area contributed by atoms with Gasteiger partial charge in [0.15, 0.2) is 17.5 Å². The minimum absolute atomic E-state index is 0. The number of aliphatic imine (C=N–C) groups is 1. The molecule has 0 saturated carbocycles. The molecule has 2 rings (SSSR count). The predicted molar refractivity (Wildman–Crippen MR) is 130 cm³/mol. The van der Waals surface area contributed by atoms with Gasteiger partial charge in [0.2, 0.25) is 0 Å². The Kier molecular flexibility index (Phi) is 9.80. The van der Waals surface area contributed by atoms with Gasteiger partial charge in [-0.3, -0.25) is 4.99 Å². The molecule has 0 bridgehead atoms. The van der Waals surface area contributed by atoms with Crippen molar-refractivity contribution >= 4 is 47.6 Å². The number of amides is 1. The van der Waals surface area contributed by atoms with Crippen LogP contribution >= 0.6 is 35.6 Å². The van der Waals surface area contributed by atoms with E-state index in [4.69, 9.17) is 25.8 Å². The lowest BCUT2D eigenvalue weighted by Gasteiger charge is -2.29. The lowest BCUT2D eigenvalue weighted by Crippen LogP contribution is -2.54. The number of hydrogen-bond donors (Lipinski definition) is 3. The first-order chi connectivity index (χ1) is 13.5. The first-order valence-corrected chi connectivity index (χ1v) is 9.90. The monoisotopic (exact) mass is 554 g/mol. The van der Waals surface area contributed by atoms with Crippen LogP contribution in [-0.4, -0.2) is 50.0 Å². The van der Waals surface area contributed by atoms with Crippen molar-refractivity contribution in [2.24, 2.45) is 4.99 Å². The number of halogens is 2. The molecule has 0 aromatic heterocycles. The SMILES string of the molecule is CN=C(NCc1cc(Cl)c2c(c1)OCCO2)NCC(C)(C)NC(=O)OC(C)(C)C.I. The second-order valence-corrected chi connectivity index (χ2v) is 8.80. The van der Waals surface area contributed by atoms with Gasteiger partial charge in [-0.05, 0) is 52.3 Å². The molecule has 8 nitrogen and oxygen atoms in total. The van der Waals surface area contributed by atoms with Gasteiger partial charge in [-0.25, -0.2) is 4.79 Å². The van der Waals surface area contributed by atoms with E-state index in [2.05, 4.69) is 20.9 Å². The summed E-state index contributed by atoms with van der Waals surface area (Å²) in [4.78, 5) is 16.2. The maximum atomic E-state index is 12.0. The quantitative estimate of drug-likeness (QED) is 0.292. The highest BCUT2D eigenvalue weighted by Gasteiger charge is 2.25. The Morgan fingerprint density at radius 2 is 1.83 bits per heavy atom. The van der Waals surface area contributed by atoms with E-state index in [-0.39, 0.29) is 24.0 Å². The Bertz CT molecular complexity index is 766. The van der Waals surface area contributed by atoms with Crippen LogP contribution in [0.4, 0.5) is 4.79 Å². The van der Waals surface area contributed by atoms with Gasteiger partial charge in [0.1, 0.15) is 18.8 Å². The van der Waals surface area contributed by atoms with Crippen molar-refractivity contribution in [3.05, 3.63) is 22.7 Å². The molecular formula is C20H32ClIN4O4. The van der Waals surface area contributed by atoms with Gasteiger partial charge in [0.05, 0.1) is 10.6 Å². The van der Waals surface area contributed by atoms with Gasteiger partial charge >= 0.3 is 6.09 Å². The van der Waals surface area contributed by atoms with Gasteiger partial charge in [0, 0.05) is 20.1 Å². The number of benzene rings is 1. The molecule has 1 amide bonds. The van der Waals surface area contributed by atoms with Gasteiger partial charge in [-0.2, -0.15) is 0 Å². The van der Waals surface area contributed by atoms with Crippen molar-refractivity contribution in [1.82, 2.24) is 16.0 Å². The van der Waals surface area contributed by atoms with Crippen LogP contribution in [0.5, 0.6) is 11.5 Å². The number of carbonyl (C=O) groups is 1. The zero-order valence-corrected chi connectivity index (χ0v) is 21.4. The Balaban J connectivity index is 0.00000450. The first-order valence-electron chi connectivity index (χ1n) is 9.53. The Labute approximate surface area is 200 Å². The van der Waals surface area contributed by atoms with E-state index >= 15 is 0 Å². The predicted octanol–water partition coefficient (Wildman–Crippen LogP) is 3.70. The second kappa shape index (κ2) is 11.1. The molecule has 30 heavy (non-hydrogen) atoms. The molecule has 0 saturated heterocycles. The van der Waals surface area contributed by atoms with Crippen molar-refractivity contribution in [2.45, 2.75) is 52.3 Å². The highest BCUT2D eigenvalue weighted by atomic mass is 127. The van der Waals surface area contributed by atoms with Crippen LogP contribution in [0.25, 0.3) is 0 Å². The summed E-state index contributed by atoms with van der Waals surface area (Å²) in [6.07, 6.45) is -0.460. The number of carbonyl (C=O) groups excluding carboxylic acids is 1. The van der Waals surface area contributed by atoms with E-state index in [1.807, 2.05) is 46.8 Å². The second-order valence-electron chi connectivity index (χ2n) is 8.39. The van der Waals surface area contributed by atoms with Crippen LogP contribution in [0.2, 0.25) is 5.02 Å². The molecule has 0 radical (unpaired) electrons. The summed E-state index contributed by atoms with van der Waals surface area (Å²) in [6, 6.07) is 3.73. The van der Waals surface area contributed by atoms with Crippen molar-refractivity contribution in [3.8, 4) is 11.5 Å². The maximum Gasteiger partial charge on any atom is 0.408 e. The average Bonchev–Trinajstić information content (AvgIpc) is 2.59. The molecule has 1 aromatic rings. The molecule has 3 N–H and O–H groups in total. The fraction of sp³-hybridized carbons (Fsp3) is 0.600. The van der Waals surface area contributed by atoms with Crippen molar-refractivity contribution in [3.63, 3.8) is 0 Å². The van der Waals surface area contributed by atoms with E-state index in [1.165, 1.54) is 0 Å². The Morgan fingerprint density at radius 1 is 1.17 bits per heavy atom. The standard InChI is InChI=1S/C20H31ClN4O4.HI/c1-19(2,3)29-18(26)25-20(4,5)12-24-17(22-6)23-11-13-9-14(21)16-15(10-13)27-7-8-28-16;/h9-10H,7-8,11-12H2,1-6H3,(H,25,26)(H2,22,23,24);1H. The lowest BCUT2D eigenvalue weighted by atomic mass is 10.1. The van der Waals surface area contributed by atoms with E-state index < -0.39 is 17.2 Å². The maximum absolute atomic E-state index is 12.0. The van der Waals surface area contributed by atoms with E-state index in [0.29, 0.717) is 48.8 Å². The summed E-state index contributed by atoms with van der Waals surface area (Å²) in [7, 11) is 1.68. The van der Waals surface area contributed by atoms with E-state index in [1.54, 1.807) is 7.05 Å². The average molecular weight is 555 g/mol. The minimum atomic E-state index is -0.546. The molecule has 0 unspecified atom stereocenters. The molecule has 1 aliphatic rings. The van der Waals surface area contributed by atoms with Crippen molar-refractivity contribution < 1.29 is 19.0 Å². The molecule has 0 fully saturated rings. The zero-order valence-electron chi connectivity index (χ0n) is 18.3. The summed E-state index contributed by atoms with van der Waals surface area (Å²) >= 11 is 6.28. The lowest BCUT2D eigenvalue weighted by molar-refractivity contribution is 0.0474. The zero-order chi connectivity index (χ0) is 21.7. The number of ether oxygens (including phenoxy) is 3. The van der Waals surface area contributed by atoms with Crippen LogP contribution in [0.15, 0.2) is 17.1 Å². The smallest absolute Gasteiger partial charge is 0.408 e. The van der Waals surface area contributed by atoms with Gasteiger partial charge < -0.3 is 30.2 Å². The third-order valence-electron chi connectivity index (χ3n) is 3.88. The summed E-state index contributed by atoms with van der Waals surface area (Å²) in [5, 5.41) is 9.80. The number of hydrogen-bond acceptors (Lipinski definition) is 5. The number of rotatable bonds is 5. The molecule has 170 valence electrons. The van der Waals surface area contributed by atoms with Crippen LogP contribution in [-0.2, 0) is 11.3 Å². The van der Waals surface area contributed by atoms with Crippen LogP contribution in [0.3, 0.4) is 0 Å². The number of nitrogens with one attached hydrogen (secondary N) is 3. The van der Waals surface area contributed by atoms with E-state index in [9.17, 15) is 4.79 Å². The summed E-state index contributed by atoms with van der Waals surface area (Å²) in [6.45, 7) is 11.2. The molecule has 10 heteroatoms. The Morgan fingerprint density at radius 3 is 2.47 bits per heavy atom. The Hall–Kier alpha value is -1.62. The third-order valence-corrected chi connectivity index (χ3v) is 4.16. The number of nitrogens with zero attached hydrogens (tertiary/aromatic N) is 1. The topological polar surface area (TPSA) is 93.2 Å². The van der Waals surface area contributed by atoms with Gasteiger partial charge in [0.25, 0.3) is 0 Å². The third kappa shape index (κ3) is 8.63. The molecule has 1 aromatic carbocycles.